The van der Waals surface area contributed by atoms with Crippen LogP contribution in [0.4, 0.5) is 0 Å². The van der Waals surface area contributed by atoms with Crippen molar-refractivity contribution in [3.05, 3.63) is 419 Å². The Balaban J connectivity index is 0.000000507. The Hall–Kier alpha value is -9.84. The summed E-state index contributed by atoms with van der Waals surface area (Å²) in [5.74, 6) is 3.86. The number of para-hydroxylation sites is 4. The van der Waals surface area contributed by atoms with Gasteiger partial charge >= 0.3 is 51.7 Å². The van der Waals surface area contributed by atoms with Gasteiger partial charge in [0.15, 0.2) is 0 Å². The van der Waals surface area contributed by atoms with Crippen molar-refractivity contribution >= 4 is 11.8 Å². The fourth-order valence-electron chi connectivity index (χ4n) is 12.8. The summed E-state index contributed by atoms with van der Waals surface area (Å²) in [4.78, 5) is 12.9. The van der Waals surface area contributed by atoms with E-state index < -0.39 is 0 Å². The first-order valence-electron chi connectivity index (χ1n) is 43.5. The summed E-state index contributed by atoms with van der Waals surface area (Å²) >= 11 is 0. The molecule has 0 atom stereocenters. The number of nitrogens with zero attached hydrogens (tertiary/aromatic N) is 10. The number of aliphatic imine (C=N–C) groups is 3. The van der Waals surface area contributed by atoms with Crippen LogP contribution >= 0.6 is 0 Å². The van der Waals surface area contributed by atoms with E-state index in [1.807, 2.05) is 249 Å². The zero-order valence-corrected chi connectivity index (χ0v) is 87.3. The summed E-state index contributed by atoms with van der Waals surface area (Å²) in [6, 6.07) is 88.4. The van der Waals surface area contributed by atoms with E-state index in [4.69, 9.17) is 0 Å². The molecule has 2 aromatic heterocycles. The van der Waals surface area contributed by atoms with Gasteiger partial charge in [-0.05, 0) is 198 Å². The molecule has 652 valence electrons. The van der Waals surface area contributed by atoms with Crippen molar-refractivity contribution in [2.24, 2.45) is 15.0 Å². The van der Waals surface area contributed by atoms with Gasteiger partial charge in [0.25, 0.3) is 0 Å². The molecule has 10 nitrogen and oxygen atoms in total. The number of hydrogen-bond donors (Lipinski definition) is 0. The van der Waals surface area contributed by atoms with E-state index in [-0.39, 0.29) is 79.5 Å². The van der Waals surface area contributed by atoms with Crippen molar-refractivity contribution in [2.45, 2.75) is 250 Å². The molecule has 12 heteroatoms. The van der Waals surface area contributed by atoms with Gasteiger partial charge < -0.3 is 39.4 Å². The van der Waals surface area contributed by atoms with E-state index in [1.54, 1.807) is 0 Å². The minimum Gasteiger partial charge on any atom is -0.469 e. The minimum atomic E-state index is -0.0608. The Morgan fingerprint density at radius 3 is 0.629 bits per heavy atom. The van der Waals surface area contributed by atoms with Crippen molar-refractivity contribution in [1.29, 1.82) is 0 Å². The van der Waals surface area contributed by atoms with Gasteiger partial charge in [0.2, 0.25) is 0 Å². The van der Waals surface area contributed by atoms with E-state index in [9.17, 15) is 10.8 Å². The number of likely N-dealkylation sites (N-methyl/N-ethyl adjacent to an activating group) is 1. The van der Waals surface area contributed by atoms with Crippen LogP contribution in [0.5, 0.6) is 0 Å². The van der Waals surface area contributed by atoms with Gasteiger partial charge in [-0.15, -0.1) is 60.7 Å². The molecule has 0 aliphatic rings. The summed E-state index contributed by atoms with van der Waals surface area (Å²) in [5, 5.41) is 27.4. The van der Waals surface area contributed by atoms with E-state index in [2.05, 4.69) is 290 Å². The maximum atomic E-state index is 11.5. The number of amidine groups is 1. The first-order chi connectivity index (χ1) is 57.5. The average molecular weight is 1990 g/mol. The van der Waals surface area contributed by atoms with Crippen molar-refractivity contribution in [3.8, 4) is 22.7 Å². The summed E-state index contributed by atoms with van der Waals surface area (Å²) in [6.45, 7) is 75.3. The third kappa shape index (κ3) is 39.1. The molecule has 0 bridgehead atoms. The van der Waals surface area contributed by atoms with Gasteiger partial charge in [0.05, 0.1) is 17.1 Å². The summed E-state index contributed by atoms with van der Waals surface area (Å²) in [7, 11) is 0. The van der Waals surface area contributed by atoms with Gasteiger partial charge in [-0.25, -0.2) is 9.98 Å². The van der Waals surface area contributed by atoms with Gasteiger partial charge in [0.1, 0.15) is 0 Å². The van der Waals surface area contributed by atoms with Crippen molar-refractivity contribution in [1.82, 2.24) is 18.3 Å². The number of imidazole rings is 2. The van der Waals surface area contributed by atoms with Gasteiger partial charge in [-0.2, -0.15) is 123 Å². The predicted octanol–water partition coefficient (Wildman–Crippen LogP) is 30.4. The molecule has 0 aliphatic heterocycles. The second-order valence-electron chi connectivity index (χ2n) is 36.0. The summed E-state index contributed by atoms with van der Waals surface area (Å²) in [6.07, 6.45) is 8.84. The second-order valence-corrected chi connectivity index (χ2v) is 36.0. The Morgan fingerprint density at radius 1 is 0.298 bits per heavy atom. The van der Waals surface area contributed by atoms with Crippen molar-refractivity contribution < 1.29 is 51.7 Å². The maximum Gasteiger partial charge on any atom is 4.00 e. The summed E-state index contributed by atoms with van der Waals surface area (Å²) < 4.78 is 7.86. The first kappa shape index (κ1) is 110. The molecule has 0 unspecified atom stereocenters. The van der Waals surface area contributed by atoms with Crippen LogP contribution in [0.15, 0.2) is 295 Å². The van der Waals surface area contributed by atoms with Crippen LogP contribution in [-0.2, 0) is 58.1 Å². The molecule has 0 fully saturated rings. The van der Waals surface area contributed by atoms with Gasteiger partial charge in [-0.1, -0.05) is 284 Å². The monoisotopic (exact) mass is 1990 g/mol. The van der Waals surface area contributed by atoms with E-state index in [1.165, 1.54) is 50.1 Å². The fourth-order valence-corrected chi connectivity index (χ4v) is 12.8. The van der Waals surface area contributed by atoms with Crippen LogP contribution in [0, 0.1) is 34.6 Å². The standard InChI is InChI=1S/2C27H36N3.C14H21N2.C9H18N2.5C7H7.2Hf/c2*1-17(2)21-11-9-12-22(18(3)4)25(21)29-15-16-30(27(29)28)26-23(19(5)6)13-10-14-24(26)20(7)8;1-5-15-13(16-14(2,3)4)11-12-9-7-6-8-10-12;1-8(2,3)10-7-11-9(4,5)6;5*1-7-5-3-2-4-6-7;;/h2*9-20H,1-8H3;6-10H,5,11H2,1-4H3;1-6H3;5*2-6H,1H2;;/q3*-1;;5*-1;2*+4. The Kier molecular flexibility index (Phi) is 49.3. The molecule has 124 heavy (non-hydrogen) atoms. The molecular formula is C112H146Hf2N10. The molecule has 0 spiro atoms. The van der Waals surface area contributed by atoms with Crippen LogP contribution < -0.4 is 11.2 Å². The van der Waals surface area contributed by atoms with Gasteiger partial charge in [-0.3, -0.25) is 0 Å². The molecule has 0 radical (unpaired) electrons. The van der Waals surface area contributed by atoms with Crippen LogP contribution in [0.2, 0.25) is 0 Å². The zero-order chi connectivity index (χ0) is 91.0. The molecular weight excluding hydrogens is 1840 g/mol. The van der Waals surface area contributed by atoms with E-state index >= 15 is 0 Å². The fraction of sp³-hybridized carbons (Fsp3) is 0.348. The molecule has 12 aromatic rings. The molecule has 0 saturated heterocycles. The molecule has 12 rings (SSSR count). The van der Waals surface area contributed by atoms with Crippen LogP contribution in [0.3, 0.4) is 0 Å². The second kappa shape index (κ2) is 55.5. The minimum absolute atomic E-state index is 0. The van der Waals surface area contributed by atoms with Gasteiger partial charge in [0, 0.05) is 11.2 Å². The topological polar surface area (TPSA) is 115 Å². The number of benzene rings is 10. The third-order valence-corrected chi connectivity index (χ3v) is 18.9. The van der Waals surface area contributed by atoms with Crippen molar-refractivity contribution in [2.75, 3.05) is 6.54 Å². The quantitative estimate of drug-likeness (QED) is 0.0421. The zero-order valence-electron chi connectivity index (χ0n) is 80.1. The molecule has 0 aliphatic carbocycles. The molecule has 2 heterocycles. The average Bonchev–Trinajstić information content (AvgIpc) is 1.56. The Labute approximate surface area is 789 Å². The number of hydrogen-bond acceptors (Lipinski definition) is 3. The SMILES string of the molecule is CC(C)(C)N=C=NC(C)(C)C.CC(C)c1cccc(C(C)C)c1-n1ccn(-c2c(C(C)C)cccc2C(C)C)c1=[N-].CC(C)c1cccc(C(C)C)c1-n1ccn(-c2c(C(C)C)cccc2C(C)C)c1=[N-].CC[N-]C(Cc1ccccc1)=NC(C)(C)C.[CH2-]c1ccccc1.[CH2-]c1ccccc1.[CH2-]c1ccccc1.[CH2-]c1ccccc1.[CH2-]c1ccccc1.[Hf+4].[Hf+4]. The Morgan fingerprint density at radius 2 is 0.484 bits per heavy atom. The largest absolute Gasteiger partial charge is 4.00 e. The predicted molar refractivity (Wildman–Crippen MR) is 531 cm³/mol. The summed E-state index contributed by atoms with van der Waals surface area (Å²) in [5.41, 5.74) is 21.4. The van der Waals surface area contributed by atoms with E-state index in [0.717, 1.165) is 69.4 Å². The molecule has 10 aromatic carbocycles. The Bertz CT molecular complexity index is 4490. The molecule has 0 N–H and O–H groups in total. The smallest absolute Gasteiger partial charge is 0.469 e. The van der Waals surface area contributed by atoms with Crippen LogP contribution in [0.25, 0.3) is 38.9 Å². The third-order valence-electron chi connectivity index (χ3n) is 18.9. The molecule has 0 amide bonds. The molecule has 0 saturated carbocycles. The number of rotatable bonds is 15. The van der Waals surface area contributed by atoms with Crippen molar-refractivity contribution in [3.63, 3.8) is 0 Å². The van der Waals surface area contributed by atoms with Crippen LogP contribution in [0.1, 0.15) is 305 Å². The van der Waals surface area contributed by atoms with Crippen LogP contribution in [-0.4, -0.2) is 53.3 Å². The normalized spacial score (nSPS) is 10.9. The first-order valence-corrected chi connectivity index (χ1v) is 43.5. The maximum absolute atomic E-state index is 11.5. The number of aromatic nitrogens is 4. The van der Waals surface area contributed by atoms with E-state index in [0.29, 0.717) is 47.3 Å².